The molecule has 0 bridgehead atoms. The van der Waals surface area contributed by atoms with E-state index in [1.54, 1.807) is 18.2 Å². The van der Waals surface area contributed by atoms with Crippen LogP contribution < -0.4 is 4.74 Å². The lowest BCUT2D eigenvalue weighted by Crippen LogP contribution is -1.79. The Kier molecular flexibility index (Phi) is 1.88. The molecule has 3 nitrogen and oxygen atoms in total. The van der Waals surface area contributed by atoms with Gasteiger partial charge in [0.15, 0.2) is 5.58 Å². The van der Waals surface area contributed by atoms with Crippen molar-refractivity contribution in [3.63, 3.8) is 0 Å². The summed E-state index contributed by atoms with van der Waals surface area (Å²) < 4.78 is 22.2. The van der Waals surface area contributed by atoms with E-state index in [-0.39, 0.29) is 6.08 Å². The molecule has 0 aliphatic rings. The van der Waals surface area contributed by atoms with Crippen molar-refractivity contribution in [2.24, 2.45) is 0 Å². The number of ether oxygens (including phenoxy) is 1. The van der Waals surface area contributed by atoms with Gasteiger partial charge >= 0.3 is 6.08 Å². The van der Waals surface area contributed by atoms with E-state index < -0.39 is 6.67 Å². The van der Waals surface area contributed by atoms with Crippen molar-refractivity contribution in [2.75, 3.05) is 7.11 Å². The number of nitrogens with zero attached hydrogens (tertiary/aromatic N) is 1. The van der Waals surface area contributed by atoms with Gasteiger partial charge in [0.05, 0.1) is 7.11 Å². The van der Waals surface area contributed by atoms with E-state index in [1.807, 2.05) is 0 Å². The van der Waals surface area contributed by atoms with Crippen molar-refractivity contribution < 1.29 is 13.5 Å². The summed E-state index contributed by atoms with van der Waals surface area (Å²) in [6, 6.07) is 4.99. The number of aromatic nitrogens is 1. The number of alkyl halides is 1. The van der Waals surface area contributed by atoms with Gasteiger partial charge in [-0.05, 0) is 17.7 Å². The Labute approximate surface area is 74.1 Å². The highest BCUT2D eigenvalue weighted by atomic mass is 19.1. The van der Waals surface area contributed by atoms with Gasteiger partial charge in [-0.1, -0.05) is 6.07 Å². The average molecular weight is 181 g/mol. The highest BCUT2D eigenvalue weighted by Gasteiger charge is 2.05. The third-order valence-electron chi connectivity index (χ3n) is 1.76. The molecule has 0 unspecified atom stereocenters. The molecular formula is C9H8FNO2. The summed E-state index contributed by atoms with van der Waals surface area (Å²) in [5.41, 5.74) is 1.80. The maximum atomic E-state index is 12.2. The summed E-state index contributed by atoms with van der Waals surface area (Å²) in [6.07, 6.45) is 0.200. The first-order valence-corrected chi connectivity index (χ1v) is 3.83. The first kappa shape index (κ1) is 8.04. The molecule has 0 saturated carbocycles. The molecule has 4 heteroatoms. The second-order valence-electron chi connectivity index (χ2n) is 2.62. The molecule has 0 amide bonds. The van der Waals surface area contributed by atoms with Crippen LogP contribution in [0.4, 0.5) is 4.39 Å². The molecule has 0 N–H and O–H groups in total. The van der Waals surface area contributed by atoms with Crippen LogP contribution in [0.15, 0.2) is 22.6 Å². The Balaban J connectivity index is 2.57. The molecule has 0 atom stereocenters. The molecule has 68 valence electrons. The van der Waals surface area contributed by atoms with Crippen LogP contribution in [-0.2, 0) is 6.67 Å². The Morgan fingerprint density at radius 2 is 2.38 bits per heavy atom. The fourth-order valence-corrected chi connectivity index (χ4v) is 1.12. The summed E-state index contributed by atoms with van der Waals surface area (Å²) >= 11 is 0. The number of hydrogen-bond donors (Lipinski definition) is 0. The zero-order chi connectivity index (χ0) is 9.26. The fourth-order valence-electron chi connectivity index (χ4n) is 1.12. The predicted molar refractivity (Wildman–Crippen MR) is 45.4 cm³/mol. The number of benzene rings is 1. The van der Waals surface area contributed by atoms with Crippen LogP contribution in [0, 0.1) is 0 Å². The van der Waals surface area contributed by atoms with Crippen molar-refractivity contribution >= 4 is 11.1 Å². The summed E-state index contributed by atoms with van der Waals surface area (Å²) in [5, 5.41) is 0. The van der Waals surface area contributed by atoms with E-state index in [9.17, 15) is 4.39 Å². The van der Waals surface area contributed by atoms with Gasteiger partial charge in [-0.25, -0.2) is 4.39 Å². The standard InChI is InChI=1S/C9H8FNO2/c1-12-9-11-7-3-2-6(5-10)4-8(7)13-9/h2-4H,5H2,1H3. The van der Waals surface area contributed by atoms with Crippen molar-refractivity contribution in [1.29, 1.82) is 0 Å². The number of fused-ring (bicyclic) bond motifs is 1. The zero-order valence-electron chi connectivity index (χ0n) is 7.08. The third-order valence-corrected chi connectivity index (χ3v) is 1.76. The predicted octanol–water partition coefficient (Wildman–Crippen LogP) is 2.31. The molecule has 1 heterocycles. The highest BCUT2D eigenvalue weighted by Crippen LogP contribution is 2.21. The highest BCUT2D eigenvalue weighted by molar-refractivity contribution is 5.73. The number of oxazole rings is 1. The third kappa shape index (κ3) is 1.35. The normalized spacial score (nSPS) is 10.6. The van der Waals surface area contributed by atoms with Crippen LogP contribution in [0.2, 0.25) is 0 Å². The molecule has 1 aromatic heterocycles. The van der Waals surface area contributed by atoms with E-state index in [2.05, 4.69) is 4.98 Å². The van der Waals surface area contributed by atoms with Crippen LogP contribution in [-0.4, -0.2) is 12.1 Å². The van der Waals surface area contributed by atoms with Crippen LogP contribution in [0.1, 0.15) is 5.56 Å². The van der Waals surface area contributed by atoms with E-state index >= 15 is 0 Å². The first-order chi connectivity index (χ1) is 6.33. The molecule has 13 heavy (non-hydrogen) atoms. The minimum atomic E-state index is -0.501. The molecule has 0 fully saturated rings. The van der Waals surface area contributed by atoms with Gasteiger partial charge < -0.3 is 9.15 Å². The topological polar surface area (TPSA) is 35.3 Å². The summed E-state index contributed by atoms with van der Waals surface area (Å²) in [6.45, 7) is -0.501. The largest absolute Gasteiger partial charge is 0.453 e. The Morgan fingerprint density at radius 3 is 3.08 bits per heavy atom. The van der Waals surface area contributed by atoms with Gasteiger partial charge in [0, 0.05) is 0 Å². The van der Waals surface area contributed by atoms with Crippen LogP contribution in [0.25, 0.3) is 11.1 Å². The van der Waals surface area contributed by atoms with Gasteiger partial charge in [0.25, 0.3) is 0 Å². The first-order valence-electron chi connectivity index (χ1n) is 3.83. The second kappa shape index (κ2) is 3.05. The van der Waals surface area contributed by atoms with Crippen LogP contribution >= 0.6 is 0 Å². The van der Waals surface area contributed by atoms with Gasteiger partial charge in [0.2, 0.25) is 0 Å². The van der Waals surface area contributed by atoms with Gasteiger partial charge in [-0.2, -0.15) is 4.98 Å². The molecule has 0 radical (unpaired) electrons. The van der Waals surface area contributed by atoms with Crippen molar-refractivity contribution in [1.82, 2.24) is 4.98 Å². The summed E-state index contributed by atoms with van der Waals surface area (Å²) in [4.78, 5) is 4.00. The summed E-state index contributed by atoms with van der Waals surface area (Å²) in [5.74, 6) is 0. The number of hydrogen-bond acceptors (Lipinski definition) is 3. The maximum Gasteiger partial charge on any atom is 0.394 e. The SMILES string of the molecule is COc1nc2ccc(CF)cc2o1. The number of halogens is 1. The second-order valence-corrected chi connectivity index (χ2v) is 2.62. The van der Waals surface area contributed by atoms with E-state index in [0.29, 0.717) is 16.7 Å². The Morgan fingerprint density at radius 1 is 1.54 bits per heavy atom. The number of rotatable bonds is 2. The average Bonchev–Trinajstić information content (AvgIpc) is 2.58. The van der Waals surface area contributed by atoms with E-state index in [4.69, 9.17) is 9.15 Å². The quantitative estimate of drug-likeness (QED) is 0.713. The smallest absolute Gasteiger partial charge is 0.394 e. The Hall–Kier alpha value is -1.58. The van der Waals surface area contributed by atoms with Crippen molar-refractivity contribution in [3.05, 3.63) is 23.8 Å². The van der Waals surface area contributed by atoms with Gasteiger partial charge in [-0.15, -0.1) is 0 Å². The monoisotopic (exact) mass is 181 g/mol. The molecule has 2 rings (SSSR count). The Bertz CT molecular complexity index is 422. The molecule has 0 aliphatic heterocycles. The minimum absolute atomic E-state index is 0.200. The summed E-state index contributed by atoms with van der Waals surface area (Å²) in [7, 11) is 1.47. The van der Waals surface area contributed by atoms with Crippen LogP contribution in [0.5, 0.6) is 6.08 Å². The van der Waals surface area contributed by atoms with Crippen molar-refractivity contribution in [3.8, 4) is 6.08 Å². The number of methoxy groups -OCH3 is 1. The fraction of sp³-hybridized carbons (Fsp3) is 0.222. The van der Waals surface area contributed by atoms with E-state index in [0.717, 1.165) is 0 Å². The molecule has 0 spiro atoms. The minimum Gasteiger partial charge on any atom is -0.453 e. The maximum absolute atomic E-state index is 12.2. The van der Waals surface area contributed by atoms with Crippen LogP contribution in [0.3, 0.4) is 0 Å². The lowest BCUT2D eigenvalue weighted by molar-refractivity contribution is 0.299. The molecular weight excluding hydrogens is 173 g/mol. The molecule has 2 aromatic rings. The van der Waals surface area contributed by atoms with Gasteiger partial charge in [-0.3, -0.25) is 0 Å². The molecule has 0 aliphatic carbocycles. The zero-order valence-corrected chi connectivity index (χ0v) is 7.08. The molecule has 1 aromatic carbocycles. The van der Waals surface area contributed by atoms with Crippen molar-refractivity contribution in [2.45, 2.75) is 6.67 Å². The lowest BCUT2D eigenvalue weighted by Gasteiger charge is -1.90. The lowest BCUT2D eigenvalue weighted by atomic mass is 10.2. The molecule has 0 saturated heterocycles. The van der Waals surface area contributed by atoms with E-state index in [1.165, 1.54) is 7.11 Å². The van der Waals surface area contributed by atoms with Gasteiger partial charge in [0.1, 0.15) is 12.2 Å².